The van der Waals surface area contributed by atoms with Gasteiger partial charge >= 0.3 is 0 Å². The van der Waals surface area contributed by atoms with E-state index < -0.39 is 0 Å². The smallest absolute Gasteiger partial charge is 0.253 e. The van der Waals surface area contributed by atoms with Crippen LogP contribution in [-0.4, -0.2) is 16.7 Å². The van der Waals surface area contributed by atoms with Gasteiger partial charge in [0.05, 0.1) is 35.7 Å². The lowest BCUT2D eigenvalue weighted by molar-refractivity contribution is 0.291. The molecule has 4 aromatic rings. The summed E-state index contributed by atoms with van der Waals surface area (Å²) in [6.07, 6.45) is 5.03. The fourth-order valence-corrected chi connectivity index (χ4v) is 4.00. The summed E-state index contributed by atoms with van der Waals surface area (Å²) in [5.41, 5.74) is 6.97. The maximum atomic E-state index is 13.4. The van der Waals surface area contributed by atoms with E-state index in [1.807, 2.05) is 55.5 Å². The molecule has 0 atom stereocenters. The molecule has 0 bridgehead atoms. The van der Waals surface area contributed by atoms with Gasteiger partial charge in [-0.25, -0.2) is 0 Å². The average molecular weight is 503 g/mol. The van der Waals surface area contributed by atoms with Crippen LogP contribution >= 0.6 is 11.6 Å². The summed E-state index contributed by atoms with van der Waals surface area (Å²) >= 11 is 6.39. The van der Waals surface area contributed by atoms with Crippen LogP contribution in [0.25, 0.3) is 0 Å². The molecule has 0 aliphatic rings. The molecule has 0 aliphatic heterocycles. The molecule has 2 aromatic heterocycles. The zero-order valence-corrected chi connectivity index (χ0v) is 20.9. The molecule has 7 nitrogen and oxygen atoms in total. The van der Waals surface area contributed by atoms with Crippen molar-refractivity contribution in [3.63, 3.8) is 0 Å². The third-order valence-electron chi connectivity index (χ3n) is 5.74. The summed E-state index contributed by atoms with van der Waals surface area (Å²) in [6, 6.07) is 20.1. The molecule has 2 aromatic carbocycles. The molecule has 8 heteroatoms. The highest BCUT2D eigenvalue weighted by Gasteiger charge is 2.17. The van der Waals surface area contributed by atoms with E-state index in [-0.39, 0.29) is 12.2 Å². The molecule has 184 valence electrons. The number of nitrogens with zero attached hydrogens (tertiary/aromatic N) is 3. The Morgan fingerprint density at radius 2 is 1.83 bits per heavy atom. The number of anilines is 2. The van der Waals surface area contributed by atoms with Crippen molar-refractivity contribution in [1.82, 2.24) is 9.55 Å². The Labute approximate surface area is 215 Å². The van der Waals surface area contributed by atoms with E-state index in [0.717, 1.165) is 16.8 Å². The summed E-state index contributed by atoms with van der Waals surface area (Å²) in [4.78, 5) is 17.4. The molecular weight excluding hydrogens is 476 g/mol. The monoisotopic (exact) mass is 502 g/mol. The van der Waals surface area contributed by atoms with E-state index in [2.05, 4.69) is 17.0 Å². The summed E-state index contributed by atoms with van der Waals surface area (Å²) < 4.78 is 13.1. The largest absolute Gasteiger partial charge is 0.497 e. The van der Waals surface area contributed by atoms with Crippen molar-refractivity contribution in [3.05, 3.63) is 124 Å². The number of hydrogen-bond acceptors (Lipinski definition) is 6. The summed E-state index contributed by atoms with van der Waals surface area (Å²) in [5, 5.41) is 2.24. The van der Waals surface area contributed by atoms with Crippen molar-refractivity contribution in [2.24, 2.45) is 0 Å². The fraction of sp³-hybridized carbons (Fsp3) is 0.143. The Bertz CT molecular complexity index is 1410. The Balaban J connectivity index is 1.72. The molecule has 0 amide bonds. The molecule has 2 heterocycles. The number of nitrogens with one attached hydrogen (secondary N) is 1. The predicted molar refractivity (Wildman–Crippen MR) is 144 cm³/mol. The molecule has 0 fully saturated rings. The van der Waals surface area contributed by atoms with Gasteiger partial charge in [-0.3, -0.25) is 20.2 Å². The third-order valence-corrected chi connectivity index (χ3v) is 6.06. The molecule has 0 spiro atoms. The number of halogens is 1. The van der Waals surface area contributed by atoms with Crippen LogP contribution in [0.3, 0.4) is 0 Å². The van der Waals surface area contributed by atoms with Gasteiger partial charge in [0, 0.05) is 30.7 Å². The van der Waals surface area contributed by atoms with E-state index in [0.29, 0.717) is 34.4 Å². The van der Waals surface area contributed by atoms with Crippen molar-refractivity contribution in [1.29, 1.82) is 0 Å². The first kappa shape index (κ1) is 24.9. The number of para-hydroxylation sites is 1. The quantitative estimate of drug-likeness (QED) is 0.276. The number of hydrogen-bond donors (Lipinski definition) is 1. The number of rotatable bonds is 10. The SMILES string of the molecule is C=CN(Nc1cc(=O)n(Cc2ccncc2)c(COc2cccc(OC)c2)c1C)c1ccccc1Cl. The number of methoxy groups -OCH3 is 1. The van der Waals surface area contributed by atoms with Crippen LogP contribution in [0, 0.1) is 6.92 Å². The Morgan fingerprint density at radius 3 is 2.56 bits per heavy atom. The zero-order valence-electron chi connectivity index (χ0n) is 20.1. The molecule has 1 N–H and O–H groups in total. The fourth-order valence-electron chi connectivity index (χ4n) is 3.77. The highest BCUT2D eigenvalue weighted by Crippen LogP contribution is 2.28. The van der Waals surface area contributed by atoms with Crippen LogP contribution < -0.4 is 25.5 Å². The lowest BCUT2D eigenvalue weighted by Crippen LogP contribution is -2.30. The summed E-state index contributed by atoms with van der Waals surface area (Å²) in [5.74, 6) is 1.33. The first-order valence-electron chi connectivity index (χ1n) is 11.3. The van der Waals surface area contributed by atoms with E-state index in [1.165, 1.54) is 0 Å². The number of pyridine rings is 2. The van der Waals surface area contributed by atoms with Gasteiger partial charge in [0.1, 0.15) is 18.1 Å². The van der Waals surface area contributed by atoms with E-state index in [9.17, 15) is 4.79 Å². The van der Waals surface area contributed by atoms with Crippen LogP contribution in [0.4, 0.5) is 11.4 Å². The lowest BCUT2D eigenvalue weighted by atomic mass is 10.1. The van der Waals surface area contributed by atoms with Gasteiger partial charge in [-0.1, -0.05) is 36.4 Å². The second-order valence-corrected chi connectivity index (χ2v) is 8.40. The van der Waals surface area contributed by atoms with Gasteiger partial charge in [-0.05, 0) is 54.4 Å². The van der Waals surface area contributed by atoms with Crippen LogP contribution in [-0.2, 0) is 13.2 Å². The number of benzene rings is 2. The van der Waals surface area contributed by atoms with Crippen LogP contribution in [0.1, 0.15) is 16.8 Å². The molecule has 0 saturated heterocycles. The molecule has 0 unspecified atom stereocenters. The maximum Gasteiger partial charge on any atom is 0.253 e. The second-order valence-electron chi connectivity index (χ2n) is 7.99. The first-order valence-corrected chi connectivity index (χ1v) is 11.7. The van der Waals surface area contributed by atoms with Crippen molar-refractivity contribution in [2.75, 3.05) is 17.5 Å². The number of ether oxygens (including phenoxy) is 2. The van der Waals surface area contributed by atoms with Crippen molar-refractivity contribution in [2.45, 2.75) is 20.1 Å². The van der Waals surface area contributed by atoms with Crippen molar-refractivity contribution in [3.8, 4) is 11.5 Å². The Kier molecular flexibility index (Phi) is 7.92. The molecule has 4 rings (SSSR count). The standard InChI is InChI=1S/C28H27ClN4O3/c1-4-33(26-11-6-5-10-24(26)29)31-25-17-28(34)32(18-21-12-14-30-15-13-21)27(20(25)2)19-36-23-9-7-8-22(16-23)35-3/h4-17,31H,1,18-19H2,2-3H3. The maximum absolute atomic E-state index is 13.4. The zero-order chi connectivity index (χ0) is 25.5. The van der Waals surface area contributed by atoms with E-state index in [4.69, 9.17) is 21.1 Å². The highest BCUT2D eigenvalue weighted by atomic mass is 35.5. The number of aromatic nitrogens is 2. The van der Waals surface area contributed by atoms with E-state index in [1.54, 1.807) is 53.5 Å². The second kappa shape index (κ2) is 11.5. The highest BCUT2D eigenvalue weighted by molar-refractivity contribution is 6.33. The average Bonchev–Trinajstić information content (AvgIpc) is 2.90. The minimum absolute atomic E-state index is 0.174. The minimum Gasteiger partial charge on any atom is -0.497 e. The molecular formula is C28H27ClN4O3. The van der Waals surface area contributed by atoms with Crippen LogP contribution in [0.2, 0.25) is 5.02 Å². The van der Waals surface area contributed by atoms with Gasteiger partial charge in [0.2, 0.25) is 0 Å². The topological polar surface area (TPSA) is 68.6 Å². The molecule has 0 radical (unpaired) electrons. The molecule has 36 heavy (non-hydrogen) atoms. The lowest BCUT2D eigenvalue weighted by Gasteiger charge is -2.26. The third kappa shape index (κ3) is 5.70. The predicted octanol–water partition coefficient (Wildman–Crippen LogP) is 5.82. The minimum atomic E-state index is -0.174. The molecule has 0 saturated carbocycles. The van der Waals surface area contributed by atoms with Crippen LogP contribution in [0.15, 0.2) is 96.7 Å². The van der Waals surface area contributed by atoms with Crippen LogP contribution in [0.5, 0.6) is 11.5 Å². The van der Waals surface area contributed by atoms with Gasteiger partial charge < -0.3 is 14.0 Å². The van der Waals surface area contributed by atoms with Gasteiger partial charge in [0.15, 0.2) is 0 Å². The van der Waals surface area contributed by atoms with Gasteiger partial charge in [-0.2, -0.15) is 0 Å². The Hall–Kier alpha value is -4.23. The van der Waals surface area contributed by atoms with Gasteiger partial charge in [0.25, 0.3) is 5.56 Å². The summed E-state index contributed by atoms with van der Waals surface area (Å²) in [7, 11) is 1.61. The number of hydrazine groups is 1. The van der Waals surface area contributed by atoms with Gasteiger partial charge in [-0.15, -0.1) is 0 Å². The Morgan fingerprint density at radius 1 is 1.08 bits per heavy atom. The molecule has 0 aliphatic carbocycles. The summed E-state index contributed by atoms with van der Waals surface area (Å²) in [6.45, 7) is 6.40. The van der Waals surface area contributed by atoms with Crippen molar-refractivity contribution >= 4 is 23.0 Å². The normalized spacial score (nSPS) is 10.5. The van der Waals surface area contributed by atoms with Crippen molar-refractivity contribution < 1.29 is 9.47 Å². The van der Waals surface area contributed by atoms with E-state index >= 15 is 0 Å². The first-order chi connectivity index (χ1) is 17.5.